The number of alkyl halides is 3. The highest BCUT2D eigenvalue weighted by atomic mass is 19.4. The van der Waals surface area contributed by atoms with Crippen LogP contribution in [0.2, 0.25) is 0 Å². The third kappa shape index (κ3) is 4.38. The molecule has 0 amide bonds. The van der Waals surface area contributed by atoms with Crippen molar-refractivity contribution in [2.45, 2.75) is 25.5 Å². The van der Waals surface area contributed by atoms with Gasteiger partial charge < -0.3 is 24.9 Å². The van der Waals surface area contributed by atoms with E-state index in [9.17, 15) is 23.3 Å². The summed E-state index contributed by atoms with van der Waals surface area (Å²) in [5.41, 5.74) is 0.761. The minimum atomic E-state index is -4.72. The van der Waals surface area contributed by atoms with Crippen LogP contribution in [-0.4, -0.2) is 33.5 Å². The summed E-state index contributed by atoms with van der Waals surface area (Å²) < 4.78 is 47.0. The Kier molecular flexibility index (Phi) is 4.49. The van der Waals surface area contributed by atoms with Crippen molar-refractivity contribution in [3.05, 3.63) is 46.1 Å². The SMILES string of the molecule is O=[N+]([O-])c1cn2c(n1)OC[C@H](NCc1ccc(OC(F)(F)F)cc1)C2. The maximum Gasteiger partial charge on any atom is 0.573 e. The van der Waals surface area contributed by atoms with Crippen molar-refractivity contribution in [1.29, 1.82) is 0 Å². The Morgan fingerprint density at radius 3 is 2.76 bits per heavy atom. The van der Waals surface area contributed by atoms with E-state index < -0.39 is 11.3 Å². The molecule has 1 aromatic carbocycles. The zero-order valence-corrected chi connectivity index (χ0v) is 12.7. The molecule has 2 aromatic rings. The summed E-state index contributed by atoms with van der Waals surface area (Å²) in [6.45, 7) is 1.11. The fourth-order valence-corrected chi connectivity index (χ4v) is 2.38. The zero-order chi connectivity index (χ0) is 18.0. The molecular formula is C14H13F3N4O4. The lowest BCUT2D eigenvalue weighted by atomic mass is 10.2. The molecule has 0 saturated carbocycles. The summed E-state index contributed by atoms with van der Waals surface area (Å²) in [5.74, 6) is -0.566. The molecule has 1 aliphatic heterocycles. The Bertz CT molecular complexity index is 760. The number of nitrogens with one attached hydrogen (secondary N) is 1. The van der Waals surface area contributed by atoms with Gasteiger partial charge in [0.2, 0.25) is 0 Å². The second kappa shape index (κ2) is 6.59. The van der Waals surface area contributed by atoms with E-state index in [4.69, 9.17) is 4.74 Å². The second-order valence-electron chi connectivity index (χ2n) is 5.37. The molecule has 0 unspecified atom stereocenters. The van der Waals surface area contributed by atoms with Gasteiger partial charge in [0, 0.05) is 18.1 Å². The van der Waals surface area contributed by atoms with E-state index in [-0.39, 0.29) is 30.2 Å². The number of benzene rings is 1. The average Bonchev–Trinajstić information content (AvgIpc) is 2.96. The molecule has 1 N–H and O–H groups in total. The standard InChI is InChI=1S/C14H13F3N4O4/c15-14(16,17)25-11-3-1-9(2-4-11)5-18-10-6-20-7-12(21(22)23)19-13(20)24-8-10/h1-4,7,10,18H,5-6,8H2/t10-/m1/s1. The molecule has 8 nitrogen and oxygen atoms in total. The maximum absolute atomic E-state index is 12.1. The van der Waals surface area contributed by atoms with Crippen LogP contribution in [0.3, 0.4) is 0 Å². The van der Waals surface area contributed by atoms with Crippen LogP contribution in [0.15, 0.2) is 30.5 Å². The topological polar surface area (TPSA) is 91.5 Å². The number of halogens is 3. The summed E-state index contributed by atoms with van der Waals surface area (Å²) in [6.07, 6.45) is -3.42. The van der Waals surface area contributed by atoms with Gasteiger partial charge in [-0.15, -0.1) is 13.2 Å². The lowest BCUT2D eigenvalue weighted by Gasteiger charge is -2.23. The van der Waals surface area contributed by atoms with Crippen molar-refractivity contribution < 1.29 is 27.6 Å². The number of nitrogens with zero attached hydrogens (tertiary/aromatic N) is 3. The largest absolute Gasteiger partial charge is 0.573 e. The number of imidazole rings is 1. The van der Waals surface area contributed by atoms with Gasteiger partial charge in [0.05, 0.1) is 6.04 Å². The zero-order valence-electron chi connectivity index (χ0n) is 12.7. The Balaban J connectivity index is 1.54. The molecule has 11 heteroatoms. The van der Waals surface area contributed by atoms with Gasteiger partial charge in [-0.25, -0.2) is 0 Å². The average molecular weight is 358 g/mol. The molecule has 2 heterocycles. The van der Waals surface area contributed by atoms with E-state index in [1.807, 2.05) is 0 Å². The predicted octanol–water partition coefficient (Wildman–Crippen LogP) is 2.24. The summed E-state index contributed by atoms with van der Waals surface area (Å²) in [4.78, 5) is 13.9. The van der Waals surface area contributed by atoms with Crippen LogP contribution < -0.4 is 14.8 Å². The van der Waals surface area contributed by atoms with Crippen LogP contribution >= 0.6 is 0 Å². The molecule has 0 bridgehead atoms. The van der Waals surface area contributed by atoms with Gasteiger partial charge >= 0.3 is 18.2 Å². The van der Waals surface area contributed by atoms with Crippen molar-refractivity contribution in [2.24, 2.45) is 0 Å². The van der Waals surface area contributed by atoms with Crippen molar-refractivity contribution in [1.82, 2.24) is 14.9 Å². The molecule has 0 radical (unpaired) electrons. The van der Waals surface area contributed by atoms with Crippen molar-refractivity contribution in [3.8, 4) is 11.8 Å². The van der Waals surface area contributed by atoms with Gasteiger partial charge in [0.15, 0.2) is 0 Å². The van der Waals surface area contributed by atoms with Gasteiger partial charge in [-0.1, -0.05) is 12.1 Å². The van der Waals surface area contributed by atoms with E-state index in [0.717, 1.165) is 5.56 Å². The number of nitro groups is 1. The first-order valence-electron chi connectivity index (χ1n) is 7.22. The summed E-state index contributed by atoms with van der Waals surface area (Å²) >= 11 is 0. The third-order valence-corrected chi connectivity index (χ3v) is 3.50. The molecule has 3 rings (SSSR count). The van der Waals surface area contributed by atoms with Crippen molar-refractivity contribution in [3.63, 3.8) is 0 Å². The van der Waals surface area contributed by atoms with Crippen LogP contribution in [0.4, 0.5) is 19.0 Å². The lowest BCUT2D eigenvalue weighted by molar-refractivity contribution is -0.389. The molecule has 0 saturated heterocycles. The van der Waals surface area contributed by atoms with Gasteiger partial charge in [-0.05, 0) is 22.6 Å². The van der Waals surface area contributed by atoms with E-state index in [0.29, 0.717) is 13.1 Å². The van der Waals surface area contributed by atoms with Crippen LogP contribution in [-0.2, 0) is 13.1 Å². The van der Waals surface area contributed by atoms with Gasteiger partial charge in [-0.3, -0.25) is 4.57 Å². The molecule has 1 atom stereocenters. The molecule has 1 aromatic heterocycles. The van der Waals surface area contributed by atoms with Crippen LogP contribution in [0.5, 0.6) is 11.8 Å². The van der Waals surface area contributed by atoms with Crippen molar-refractivity contribution in [2.75, 3.05) is 6.61 Å². The number of aromatic nitrogens is 2. The fourth-order valence-electron chi connectivity index (χ4n) is 2.38. The molecule has 0 fully saturated rings. The number of hydrogen-bond donors (Lipinski definition) is 1. The summed E-state index contributed by atoms with van der Waals surface area (Å²) in [6, 6.07) is 5.58. The van der Waals surface area contributed by atoms with Crippen molar-refractivity contribution >= 4 is 5.82 Å². The Hall–Kier alpha value is -2.82. The highest BCUT2D eigenvalue weighted by molar-refractivity contribution is 5.27. The van der Waals surface area contributed by atoms with Gasteiger partial charge in [-0.2, -0.15) is 0 Å². The normalized spacial score (nSPS) is 16.8. The predicted molar refractivity (Wildman–Crippen MR) is 78.1 cm³/mol. The van der Waals surface area contributed by atoms with Crippen LogP contribution in [0, 0.1) is 10.1 Å². The Labute approximate surface area is 139 Å². The highest BCUT2D eigenvalue weighted by Crippen LogP contribution is 2.23. The first-order chi connectivity index (χ1) is 11.8. The first kappa shape index (κ1) is 17.0. The van der Waals surface area contributed by atoms with E-state index in [1.165, 1.54) is 30.5 Å². The lowest BCUT2D eigenvalue weighted by Crippen LogP contribution is -2.41. The number of fused-ring (bicyclic) bond motifs is 1. The molecule has 134 valence electrons. The van der Waals surface area contributed by atoms with E-state index >= 15 is 0 Å². The first-order valence-corrected chi connectivity index (χ1v) is 7.22. The van der Waals surface area contributed by atoms with Gasteiger partial charge in [0.1, 0.15) is 18.6 Å². The number of ether oxygens (including phenoxy) is 2. The van der Waals surface area contributed by atoms with Gasteiger partial charge in [0.25, 0.3) is 0 Å². The quantitative estimate of drug-likeness (QED) is 0.651. The maximum atomic E-state index is 12.1. The minimum absolute atomic E-state index is 0.118. The molecular weight excluding hydrogens is 345 g/mol. The number of rotatable bonds is 5. The van der Waals surface area contributed by atoms with Crippen LogP contribution in [0.1, 0.15) is 5.56 Å². The minimum Gasteiger partial charge on any atom is -0.444 e. The fraction of sp³-hybridized carbons (Fsp3) is 0.357. The molecule has 0 aliphatic carbocycles. The van der Waals surface area contributed by atoms with Crippen LogP contribution in [0.25, 0.3) is 0 Å². The number of hydrogen-bond acceptors (Lipinski definition) is 6. The monoisotopic (exact) mass is 358 g/mol. The Morgan fingerprint density at radius 1 is 1.40 bits per heavy atom. The van der Waals surface area contributed by atoms with E-state index in [2.05, 4.69) is 15.0 Å². The highest BCUT2D eigenvalue weighted by Gasteiger charge is 2.31. The summed E-state index contributed by atoms with van der Waals surface area (Å²) in [7, 11) is 0. The molecule has 0 spiro atoms. The summed E-state index contributed by atoms with van der Waals surface area (Å²) in [5, 5.41) is 13.9. The van der Waals surface area contributed by atoms with E-state index in [1.54, 1.807) is 4.57 Å². The third-order valence-electron chi connectivity index (χ3n) is 3.50. The Morgan fingerprint density at radius 2 is 2.12 bits per heavy atom. The molecule has 1 aliphatic rings. The molecule has 25 heavy (non-hydrogen) atoms. The second-order valence-corrected chi connectivity index (χ2v) is 5.37. The smallest absolute Gasteiger partial charge is 0.444 e.